The van der Waals surface area contributed by atoms with Crippen molar-refractivity contribution in [2.24, 2.45) is 0 Å². The summed E-state index contributed by atoms with van der Waals surface area (Å²) in [4.78, 5) is 9.57. The van der Waals surface area contributed by atoms with Gasteiger partial charge in [-0.1, -0.05) is 66.7 Å². The monoisotopic (exact) mass is 435 g/mol. The molecule has 0 saturated heterocycles. The Labute approximate surface area is 198 Å². The van der Waals surface area contributed by atoms with Gasteiger partial charge in [-0.05, 0) is 76.7 Å². The standard InChI is InChI=1S/C31H21N3/c1-20-33-30-19-32-29-18-31(30)34(20)28-13-5-11-26(17-28)24-9-3-7-22(15-24)21-6-2-8-23(14-21)25-10-4-12-27(29)16-25/h2-19H,1H3. The maximum atomic E-state index is 4.80. The highest BCUT2D eigenvalue weighted by atomic mass is 15.1. The molecule has 3 nitrogen and oxygen atoms in total. The Balaban J connectivity index is 1.59. The number of aryl methyl sites for hydroxylation is 1. The van der Waals surface area contributed by atoms with Crippen LogP contribution in [0.25, 0.3) is 61.4 Å². The Morgan fingerprint density at radius 1 is 0.559 bits per heavy atom. The van der Waals surface area contributed by atoms with E-state index in [4.69, 9.17) is 9.97 Å². The third-order valence-corrected chi connectivity index (χ3v) is 6.70. The van der Waals surface area contributed by atoms with Crippen LogP contribution in [0, 0.1) is 6.92 Å². The van der Waals surface area contributed by atoms with Gasteiger partial charge in [-0.15, -0.1) is 0 Å². The molecule has 0 aliphatic carbocycles. The zero-order chi connectivity index (χ0) is 22.6. The van der Waals surface area contributed by atoms with Crippen LogP contribution in [0.4, 0.5) is 0 Å². The summed E-state index contributed by atoms with van der Waals surface area (Å²) < 4.78 is 2.23. The van der Waals surface area contributed by atoms with Gasteiger partial charge in [0.1, 0.15) is 11.3 Å². The van der Waals surface area contributed by atoms with Gasteiger partial charge in [0.15, 0.2) is 0 Å². The van der Waals surface area contributed by atoms with Crippen molar-refractivity contribution in [2.45, 2.75) is 6.92 Å². The van der Waals surface area contributed by atoms with Crippen LogP contribution in [0.2, 0.25) is 0 Å². The first kappa shape index (κ1) is 19.0. The molecule has 160 valence electrons. The van der Waals surface area contributed by atoms with Gasteiger partial charge >= 0.3 is 0 Å². The average molecular weight is 436 g/mol. The Kier molecular flexibility index (Phi) is 4.06. The molecule has 0 amide bonds. The number of nitrogens with zero attached hydrogens (tertiary/aromatic N) is 3. The first-order chi connectivity index (χ1) is 16.7. The van der Waals surface area contributed by atoms with Gasteiger partial charge in [0.05, 0.1) is 17.4 Å². The zero-order valence-corrected chi connectivity index (χ0v) is 18.7. The van der Waals surface area contributed by atoms with Crippen LogP contribution >= 0.6 is 0 Å². The van der Waals surface area contributed by atoms with Crippen molar-refractivity contribution in [1.82, 2.24) is 14.5 Å². The van der Waals surface area contributed by atoms with E-state index in [1.807, 2.05) is 6.20 Å². The number of hydrogen-bond acceptors (Lipinski definition) is 2. The van der Waals surface area contributed by atoms with Gasteiger partial charge in [0.25, 0.3) is 0 Å². The summed E-state index contributed by atoms with van der Waals surface area (Å²) in [6, 6.07) is 37.0. The molecule has 0 fully saturated rings. The van der Waals surface area contributed by atoms with Crippen LogP contribution in [0.1, 0.15) is 5.82 Å². The van der Waals surface area contributed by atoms with Gasteiger partial charge in [-0.25, -0.2) is 4.98 Å². The van der Waals surface area contributed by atoms with E-state index in [1.54, 1.807) is 0 Å². The van der Waals surface area contributed by atoms with Crippen molar-refractivity contribution in [3.05, 3.63) is 115 Å². The second-order valence-corrected chi connectivity index (χ2v) is 8.85. The van der Waals surface area contributed by atoms with Crippen LogP contribution in [0.15, 0.2) is 109 Å². The normalized spacial score (nSPS) is 11.7. The maximum absolute atomic E-state index is 4.80. The first-order valence-electron chi connectivity index (χ1n) is 11.5. The van der Waals surface area contributed by atoms with E-state index in [0.29, 0.717) is 0 Å². The van der Waals surface area contributed by atoms with Gasteiger partial charge < -0.3 is 0 Å². The summed E-state index contributed by atoms with van der Waals surface area (Å²) in [6.45, 7) is 2.05. The van der Waals surface area contributed by atoms with Crippen molar-refractivity contribution < 1.29 is 0 Å². The van der Waals surface area contributed by atoms with Crippen LogP contribution in [-0.4, -0.2) is 14.5 Å². The largest absolute Gasteiger partial charge is 0.296 e. The van der Waals surface area contributed by atoms with Crippen molar-refractivity contribution in [1.29, 1.82) is 0 Å². The number of benzene rings is 4. The fourth-order valence-electron chi connectivity index (χ4n) is 5.02. The summed E-state index contributed by atoms with van der Waals surface area (Å²) >= 11 is 0. The molecule has 0 saturated carbocycles. The van der Waals surface area contributed by atoms with E-state index in [-0.39, 0.29) is 0 Å². The number of imidazole rings is 1. The smallest absolute Gasteiger partial charge is 0.111 e. The molecule has 7 rings (SSSR count). The predicted molar refractivity (Wildman–Crippen MR) is 139 cm³/mol. The molecule has 0 N–H and O–H groups in total. The molecule has 0 spiro atoms. The highest BCUT2D eigenvalue weighted by molar-refractivity contribution is 5.84. The van der Waals surface area contributed by atoms with Crippen LogP contribution < -0.4 is 0 Å². The Morgan fingerprint density at radius 2 is 1.06 bits per heavy atom. The molecule has 10 bridgehead atoms. The lowest BCUT2D eigenvalue weighted by molar-refractivity contribution is 1.00. The predicted octanol–water partition coefficient (Wildman–Crippen LogP) is 7.71. The minimum absolute atomic E-state index is 0.902. The number of aromatic nitrogens is 3. The Hall–Kier alpha value is -4.50. The highest BCUT2D eigenvalue weighted by Gasteiger charge is 2.14. The van der Waals surface area contributed by atoms with Crippen molar-refractivity contribution in [3.63, 3.8) is 0 Å². The molecule has 0 atom stereocenters. The molecule has 4 aromatic carbocycles. The molecule has 1 aliphatic rings. The minimum Gasteiger partial charge on any atom is -0.296 e. The van der Waals surface area contributed by atoms with Crippen molar-refractivity contribution in [2.75, 3.05) is 0 Å². The fraction of sp³-hybridized carbons (Fsp3) is 0.0323. The van der Waals surface area contributed by atoms with Gasteiger partial charge in [0.2, 0.25) is 0 Å². The highest BCUT2D eigenvalue weighted by Crippen LogP contribution is 2.33. The van der Waals surface area contributed by atoms with Gasteiger partial charge in [-0.3, -0.25) is 9.55 Å². The minimum atomic E-state index is 0.902. The van der Waals surface area contributed by atoms with E-state index >= 15 is 0 Å². The number of rotatable bonds is 0. The van der Waals surface area contributed by atoms with E-state index in [1.165, 1.54) is 33.4 Å². The molecule has 0 radical (unpaired) electrons. The van der Waals surface area contributed by atoms with E-state index in [0.717, 1.165) is 33.8 Å². The average Bonchev–Trinajstić information content (AvgIpc) is 3.23. The summed E-state index contributed by atoms with van der Waals surface area (Å²) in [5.41, 5.74) is 12.3. The summed E-state index contributed by atoms with van der Waals surface area (Å²) in [5.74, 6) is 0.949. The lowest BCUT2D eigenvalue weighted by atomic mass is 9.95. The number of pyridine rings is 1. The van der Waals surface area contributed by atoms with E-state index in [2.05, 4.69) is 115 Å². The van der Waals surface area contributed by atoms with Crippen molar-refractivity contribution >= 4 is 11.0 Å². The fourth-order valence-corrected chi connectivity index (χ4v) is 5.02. The summed E-state index contributed by atoms with van der Waals surface area (Å²) in [7, 11) is 0. The van der Waals surface area contributed by atoms with Crippen LogP contribution in [0.3, 0.4) is 0 Å². The zero-order valence-electron chi connectivity index (χ0n) is 18.7. The van der Waals surface area contributed by atoms with Crippen LogP contribution in [-0.2, 0) is 0 Å². The van der Waals surface area contributed by atoms with Crippen molar-refractivity contribution in [3.8, 4) is 50.3 Å². The van der Waals surface area contributed by atoms with Crippen LogP contribution in [0.5, 0.6) is 0 Å². The number of fused-ring (bicyclic) bond motifs is 14. The summed E-state index contributed by atoms with van der Waals surface area (Å²) in [6.07, 6.45) is 1.89. The SMILES string of the molecule is Cc1nc2cnc3cc2n1-c1cccc(c1)-c1cccc(c1)-c1cccc(c1)-c1cccc-3c1. The molecule has 34 heavy (non-hydrogen) atoms. The Morgan fingerprint density at radius 3 is 1.68 bits per heavy atom. The van der Waals surface area contributed by atoms with E-state index in [9.17, 15) is 0 Å². The molecular formula is C31H21N3. The lowest BCUT2D eigenvalue weighted by Crippen LogP contribution is -1.98. The summed E-state index contributed by atoms with van der Waals surface area (Å²) in [5, 5.41) is 0. The number of hydrogen-bond donors (Lipinski definition) is 0. The molecule has 6 aromatic rings. The molecule has 2 aromatic heterocycles. The third-order valence-electron chi connectivity index (χ3n) is 6.70. The molecule has 0 unspecified atom stereocenters. The lowest BCUT2D eigenvalue weighted by Gasteiger charge is -2.13. The Bertz CT molecular complexity index is 1720. The second-order valence-electron chi connectivity index (χ2n) is 8.85. The third kappa shape index (κ3) is 2.98. The molecular weight excluding hydrogens is 414 g/mol. The second kappa shape index (κ2) is 7.26. The maximum Gasteiger partial charge on any atom is 0.111 e. The molecule has 3 heteroatoms. The molecule has 1 aliphatic heterocycles. The topological polar surface area (TPSA) is 30.7 Å². The van der Waals surface area contributed by atoms with E-state index < -0.39 is 0 Å². The first-order valence-corrected chi connectivity index (χ1v) is 11.5. The van der Waals surface area contributed by atoms with Gasteiger partial charge in [-0.2, -0.15) is 0 Å². The van der Waals surface area contributed by atoms with Gasteiger partial charge in [0, 0.05) is 11.3 Å². The quantitative estimate of drug-likeness (QED) is 0.244. The molecule has 3 heterocycles.